The molecular weight excluding hydrogens is 492 g/mol. The maximum atomic E-state index is 13.4. The first kappa shape index (κ1) is 29.4. The number of amides is 1. The Balaban J connectivity index is 1.45. The van der Waals surface area contributed by atoms with Gasteiger partial charge in [-0.1, -0.05) is 19.3 Å². The van der Waals surface area contributed by atoms with E-state index in [1.54, 1.807) is 12.1 Å². The molecule has 2 aliphatic rings. The molecule has 2 saturated heterocycles. The molecule has 0 N–H and O–H groups in total. The van der Waals surface area contributed by atoms with Gasteiger partial charge in [0.2, 0.25) is 10.0 Å². The summed E-state index contributed by atoms with van der Waals surface area (Å²) in [7, 11) is -3.74. The van der Waals surface area contributed by atoms with Gasteiger partial charge in [0.1, 0.15) is 16.2 Å². The van der Waals surface area contributed by atoms with E-state index in [9.17, 15) is 18.0 Å². The summed E-state index contributed by atoms with van der Waals surface area (Å²) in [5.74, 6) is 1.27. The van der Waals surface area contributed by atoms with E-state index in [0.717, 1.165) is 58.0 Å². The van der Waals surface area contributed by atoms with E-state index in [2.05, 4.69) is 0 Å². The first-order chi connectivity index (χ1) is 17.4. The van der Waals surface area contributed by atoms with Crippen molar-refractivity contribution < 1.29 is 27.5 Å². The van der Waals surface area contributed by atoms with Crippen molar-refractivity contribution in [2.45, 2.75) is 90.1 Å². The fourth-order valence-electron chi connectivity index (χ4n) is 5.21. The van der Waals surface area contributed by atoms with Crippen LogP contribution in [0.5, 0.6) is 5.75 Å². The number of likely N-dealkylation sites (tertiary alicyclic amines) is 1. The van der Waals surface area contributed by atoms with E-state index in [-0.39, 0.29) is 16.8 Å². The minimum Gasteiger partial charge on any atom is -0.492 e. The summed E-state index contributed by atoms with van der Waals surface area (Å²) in [4.78, 5) is 26.0. The van der Waals surface area contributed by atoms with Gasteiger partial charge in [0.05, 0.1) is 6.61 Å². The molecule has 2 fully saturated rings. The number of hydrogen-bond donors (Lipinski definition) is 0. The highest BCUT2D eigenvalue weighted by Gasteiger charge is 2.32. The summed E-state index contributed by atoms with van der Waals surface area (Å²) in [6, 6.07) is 4.64. The zero-order valence-corrected chi connectivity index (χ0v) is 23.9. The van der Waals surface area contributed by atoms with Gasteiger partial charge in [0.25, 0.3) is 0 Å². The number of benzene rings is 1. The molecule has 2 heterocycles. The zero-order valence-electron chi connectivity index (χ0n) is 23.1. The smallest absolute Gasteiger partial charge is 0.410 e. The number of carbonyl (C=O) groups excluding carboxylic acids is 2. The van der Waals surface area contributed by atoms with Gasteiger partial charge in [-0.3, -0.25) is 4.79 Å². The van der Waals surface area contributed by atoms with Crippen LogP contribution in [0.4, 0.5) is 4.79 Å². The summed E-state index contributed by atoms with van der Waals surface area (Å²) in [5, 5.41) is 0. The third kappa shape index (κ3) is 8.18. The molecule has 0 saturated carbocycles. The highest BCUT2D eigenvalue weighted by Crippen LogP contribution is 2.33. The van der Waals surface area contributed by atoms with Crippen molar-refractivity contribution in [1.29, 1.82) is 0 Å². The van der Waals surface area contributed by atoms with Crippen LogP contribution in [0.3, 0.4) is 0 Å². The third-order valence-corrected chi connectivity index (χ3v) is 9.25. The Morgan fingerprint density at radius 1 is 0.973 bits per heavy atom. The van der Waals surface area contributed by atoms with Crippen LogP contribution < -0.4 is 4.74 Å². The lowest BCUT2D eigenvalue weighted by Crippen LogP contribution is -2.41. The van der Waals surface area contributed by atoms with Crippen LogP contribution in [0, 0.1) is 11.8 Å². The standard InChI is InChI=1S/C28H44N2O6S/c1-6-35-25-11-10-24(21(2)31)20-26(25)37(33,34)30-18-14-23(15-19-30)9-7-8-22-12-16-29(17-13-22)27(32)36-28(3,4)5/h10-11,20,22-23H,6-9,12-19H2,1-5H3. The molecule has 1 amide bonds. The third-order valence-electron chi connectivity index (χ3n) is 7.33. The highest BCUT2D eigenvalue weighted by molar-refractivity contribution is 7.89. The van der Waals surface area contributed by atoms with E-state index >= 15 is 0 Å². The average molecular weight is 537 g/mol. The van der Waals surface area contributed by atoms with Gasteiger partial charge < -0.3 is 14.4 Å². The lowest BCUT2D eigenvalue weighted by molar-refractivity contribution is 0.0180. The molecule has 0 aliphatic carbocycles. The molecular formula is C28H44N2O6S. The number of hydrogen-bond acceptors (Lipinski definition) is 6. The van der Waals surface area contributed by atoms with Crippen LogP contribution in [0.25, 0.3) is 0 Å². The second-order valence-corrected chi connectivity index (χ2v) is 13.2. The number of carbonyl (C=O) groups is 2. The van der Waals surface area contributed by atoms with Crippen molar-refractivity contribution in [3.05, 3.63) is 23.8 Å². The number of ether oxygens (including phenoxy) is 2. The zero-order chi connectivity index (χ0) is 27.2. The normalized spacial score (nSPS) is 18.6. The number of Topliss-reactive ketones (excluding diaryl/α,β-unsaturated/α-hetero) is 1. The van der Waals surface area contributed by atoms with E-state index in [4.69, 9.17) is 9.47 Å². The number of sulfonamides is 1. The lowest BCUT2D eigenvalue weighted by atomic mass is 9.87. The topological polar surface area (TPSA) is 93.2 Å². The quantitative estimate of drug-likeness (QED) is 0.387. The van der Waals surface area contributed by atoms with E-state index in [0.29, 0.717) is 42.8 Å². The maximum absolute atomic E-state index is 13.4. The molecule has 0 radical (unpaired) electrons. The molecule has 2 aliphatic heterocycles. The molecule has 3 rings (SSSR count). The number of piperidine rings is 2. The summed E-state index contributed by atoms with van der Waals surface area (Å²) in [6.45, 7) is 11.7. The Kier molecular flexibility index (Phi) is 10.0. The van der Waals surface area contributed by atoms with E-state index < -0.39 is 15.6 Å². The molecule has 0 bridgehead atoms. The van der Waals surface area contributed by atoms with Gasteiger partial charge in [-0.2, -0.15) is 4.31 Å². The van der Waals surface area contributed by atoms with Crippen LogP contribution in [0.2, 0.25) is 0 Å². The minimum atomic E-state index is -3.74. The molecule has 0 unspecified atom stereocenters. The first-order valence-electron chi connectivity index (χ1n) is 13.7. The Morgan fingerprint density at radius 2 is 1.54 bits per heavy atom. The van der Waals surface area contributed by atoms with Crippen molar-refractivity contribution in [3.8, 4) is 5.75 Å². The van der Waals surface area contributed by atoms with Crippen LogP contribution in [0.1, 0.15) is 89.9 Å². The second kappa shape index (κ2) is 12.6. The minimum absolute atomic E-state index is 0.0817. The van der Waals surface area contributed by atoms with Gasteiger partial charge in [-0.05, 0) is 90.3 Å². The summed E-state index contributed by atoms with van der Waals surface area (Å²) in [5.41, 5.74) is -0.0960. The summed E-state index contributed by atoms with van der Waals surface area (Å²) in [6.07, 6.45) is 6.87. The summed E-state index contributed by atoms with van der Waals surface area (Å²) >= 11 is 0. The molecule has 9 heteroatoms. The molecule has 8 nitrogen and oxygen atoms in total. The van der Waals surface area contributed by atoms with Gasteiger partial charge in [-0.15, -0.1) is 0 Å². The fourth-order valence-corrected chi connectivity index (χ4v) is 6.83. The Bertz CT molecular complexity index is 1030. The molecule has 0 spiro atoms. The van der Waals surface area contributed by atoms with Crippen LogP contribution in [-0.4, -0.2) is 67.9 Å². The SMILES string of the molecule is CCOc1ccc(C(C)=O)cc1S(=O)(=O)N1CCC(CCCC2CCN(C(=O)OC(C)(C)C)CC2)CC1. The summed E-state index contributed by atoms with van der Waals surface area (Å²) < 4.78 is 39.5. The van der Waals surface area contributed by atoms with Crippen molar-refractivity contribution >= 4 is 21.9 Å². The largest absolute Gasteiger partial charge is 0.492 e. The first-order valence-corrected chi connectivity index (χ1v) is 15.1. The number of nitrogens with zero attached hydrogens (tertiary/aromatic N) is 2. The van der Waals surface area contributed by atoms with Gasteiger partial charge in [0, 0.05) is 31.7 Å². The van der Waals surface area contributed by atoms with Crippen molar-refractivity contribution in [3.63, 3.8) is 0 Å². The van der Waals surface area contributed by atoms with Crippen LogP contribution in [-0.2, 0) is 14.8 Å². The monoisotopic (exact) mass is 536 g/mol. The van der Waals surface area contributed by atoms with Crippen molar-refractivity contribution in [2.24, 2.45) is 11.8 Å². The second-order valence-electron chi connectivity index (χ2n) is 11.3. The maximum Gasteiger partial charge on any atom is 0.410 e. The van der Waals surface area contributed by atoms with E-state index in [1.807, 2.05) is 32.6 Å². The molecule has 37 heavy (non-hydrogen) atoms. The molecule has 1 aromatic rings. The van der Waals surface area contributed by atoms with Gasteiger partial charge in [0.15, 0.2) is 5.78 Å². The highest BCUT2D eigenvalue weighted by atomic mass is 32.2. The molecule has 0 atom stereocenters. The predicted molar refractivity (Wildman–Crippen MR) is 143 cm³/mol. The van der Waals surface area contributed by atoms with Crippen molar-refractivity contribution in [1.82, 2.24) is 9.21 Å². The van der Waals surface area contributed by atoms with Crippen LogP contribution in [0.15, 0.2) is 23.1 Å². The van der Waals surface area contributed by atoms with Crippen LogP contribution >= 0.6 is 0 Å². The fraction of sp³-hybridized carbons (Fsp3) is 0.714. The van der Waals surface area contributed by atoms with Gasteiger partial charge in [-0.25, -0.2) is 13.2 Å². The Hall–Kier alpha value is -2.13. The molecule has 208 valence electrons. The molecule has 0 aromatic heterocycles. The number of ketones is 1. The Morgan fingerprint density at radius 3 is 2.05 bits per heavy atom. The lowest BCUT2D eigenvalue weighted by Gasteiger charge is -2.34. The number of rotatable bonds is 9. The molecule has 1 aromatic carbocycles. The van der Waals surface area contributed by atoms with Crippen molar-refractivity contribution in [2.75, 3.05) is 32.8 Å². The van der Waals surface area contributed by atoms with Gasteiger partial charge >= 0.3 is 6.09 Å². The predicted octanol–water partition coefficient (Wildman–Crippen LogP) is 5.51. The van der Waals surface area contributed by atoms with E-state index in [1.165, 1.54) is 17.3 Å². The average Bonchev–Trinajstić information content (AvgIpc) is 2.84. The Labute approximate surface area is 222 Å².